The van der Waals surface area contributed by atoms with Crippen molar-refractivity contribution < 1.29 is 4.79 Å². The molecule has 1 N–H and O–H groups in total. The Morgan fingerprint density at radius 3 is 2.33 bits per heavy atom. The highest BCUT2D eigenvalue weighted by molar-refractivity contribution is 5.46. The number of rotatable bonds is 3. The van der Waals surface area contributed by atoms with Crippen LogP contribution in [0, 0.1) is 13.8 Å². The van der Waals surface area contributed by atoms with Crippen molar-refractivity contribution in [3.63, 3.8) is 0 Å². The van der Waals surface area contributed by atoms with Gasteiger partial charge in [-0.25, -0.2) is 0 Å². The van der Waals surface area contributed by atoms with Crippen molar-refractivity contribution in [3.05, 3.63) is 34.9 Å². The smallest absolute Gasteiger partial charge is 0.207 e. The monoisotopic (exact) mass is 163 g/mol. The Bertz CT molecular complexity index is 261. The van der Waals surface area contributed by atoms with Crippen LogP contribution in [0.25, 0.3) is 0 Å². The molecule has 0 heterocycles. The minimum atomic E-state index is 0.617. The summed E-state index contributed by atoms with van der Waals surface area (Å²) in [5.41, 5.74) is 3.62. The van der Waals surface area contributed by atoms with Gasteiger partial charge in [0.25, 0.3) is 0 Å². The highest BCUT2D eigenvalue weighted by atomic mass is 16.1. The first kappa shape index (κ1) is 8.78. The van der Waals surface area contributed by atoms with Crippen LogP contribution in [-0.2, 0) is 11.3 Å². The predicted octanol–water partition coefficient (Wildman–Crippen LogP) is 1.55. The molecular formula is C10H13NO. The fraction of sp³-hybridized carbons (Fsp3) is 0.300. The minimum absolute atomic E-state index is 0.617. The van der Waals surface area contributed by atoms with Crippen LogP contribution in [0.1, 0.15) is 16.7 Å². The van der Waals surface area contributed by atoms with E-state index in [1.165, 1.54) is 11.1 Å². The van der Waals surface area contributed by atoms with Crippen molar-refractivity contribution in [1.29, 1.82) is 0 Å². The fourth-order valence-electron chi connectivity index (χ4n) is 1.33. The maximum Gasteiger partial charge on any atom is 0.207 e. The number of amides is 1. The summed E-state index contributed by atoms with van der Waals surface area (Å²) in [5, 5.41) is 2.64. The Hall–Kier alpha value is -1.31. The molecule has 2 nitrogen and oxygen atoms in total. The molecule has 0 saturated heterocycles. The van der Waals surface area contributed by atoms with Gasteiger partial charge in [0.1, 0.15) is 0 Å². The third kappa shape index (κ3) is 2.38. The lowest BCUT2D eigenvalue weighted by atomic mass is 10.1. The summed E-state index contributed by atoms with van der Waals surface area (Å²) < 4.78 is 0. The summed E-state index contributed by atoms with van der Waals surface area (Å²) in [4.78, 5) is 10.0. The molecule has 0 aromatic heterocycles. The zero-order valence-electron chi connectivity index (χ0n) is 7.42. The third-order valence-electron chi connectivity index (χ3n) is 1.67. The Balaban J connectivity index is 2.78. The zero-order chi connectivity index (χ0) is 8.97. The number of hydrogen-bond donors (Lipinski definition) is 1. The second-order valence-corrected chi connectivity index (χ2v) is 2.99. The van der Waals surface area contributed by atoms with Crippen LogP contribution in [0.2, 0.25) is 0 Å². The standard InChI is InChI=1S/C10H13NO/c1-8-3-9(2)5-10(4-8)6-11-7-12/h3-5,7H,6H2,1-2H3,(H,11,12). The van der Waals surface area contributed by atoms with Crippen LogP contribution in [0.5, 0.6) is 0 Å². The first-order chi connectivity index (χ1) is 5.72. The van der Waals surface area contributed by atoms with Gasteiger partial charge in [-0.3, -0.25) is 4.79 Å². The van der Waals surface area contributed by atoms with Crippen molar-refractivity contribution in [1.82, 2.24) is 5.32 Å². The topological polar surface area (TPSA) is 29.1 Å². The lowest BCUT2D eigenvalue weighted by Crippen LogP contribution is -2.09. The molecule has 0 aliphatic carbocycles. The van der Waals surface area contributed by atoms with Gasteiger partial charge < -0.3 is 5.32 Å². The summed E-state index contributed by atoms with van der Waals surface area (Å²) in [6, 6.07) is 6.26. The Labute approximate surface area is 72.6 Å². The molecule has 0 atom stereocenters. The molecule has 0 radical (unpaired) electrons. The molecule has 1 amide bonds. The Kier molecular flexibility index (Phi) is 2.86. The maximum atomic E-state index is 10.0. The van der Waals surface area contributed by atoms with Gasteiger partial charge in [-0.1, -0.05) is 29.3 Å². The summed E-state index contributed by atoms with van der Waals surface area (Å²) in [6.45, 7) is 4.72. The van der Waals surface area contributed by atoms with E-state index in [9.17, 15) is 4.79 Å². The third-order valence-corrected chi connectivity index (χ3v) is 1.67. The number of carbonyl (C=O) groups excluding carboxylic acids is 1. The molecule has 0 aliphatic rings. The van der Waals surface area contributed by atoms with E-state index in [2.05, 4.69) is 37.4 Å². The van der Waals surface area contributed by atoms with E-state index in [1.54, 1.807) is 0 Å². The average Bonchev–Trinajstić information content (AvgIpc) is 1.99. The molecule has 0 bridgehead atoms. The van der Waals surface area contributed by atoms with Crippen LogP contribution in [0.4, 0.5) is 0 Å². The molecule has 64 valence electrons. The second kappa shape index (κ2) is 3.90. The van der Waals surface area contributed by atoms with Gasteiger partial charge in [-0.05, 0) is 19.4 Å². The Morgan fingerprint density at radius 2 is 1.83 bits per heavy atom. The maximum absolute atomic E-state index is 10.0. The van der Waals surface area contributed by atoms with Crippen LogP contribution >= 0.6 is 0 Å². The van der Waals surface area contributed by atoms with Crippen molar-refractivity contribution in [3.8, 4) is 0 Å². The van der Waals surface area contributed by atoms with E-state index in [0.29, 0.717) is 6.54 Å². The molecule has 0 saturated carbocycles. The predicted molar refractivity (Wildman–Crippen MR) is 48.8 cm³/mol. The lowest BCUT2D eigenvalue weighted by Gasteiger charge is -2.03. The molecule has 2 heteroatoms. The normalized spacial score (nSPS) is 9.50. The van der Waals surface area contributed by atoms with E-state index < -0.39 is 0 Å². The molecule has 1 aromatic rings. The van der Waals surface area contributed by atoms with E-state index in [0.717, 1.165) is 12.0 Å². The number of nitrogens with one attached hydrogen (secondary N) is 1. The zero-order valence-corrected chi connectivity index (χ0v) is 7.42. The number of carbonyl (C=O) groups is 1. The molecule has 0 fully saturated rings. The average molecular weight is 163 g/mol. The molecule has 0 aliphatic heterocycles. The van der Waals surface area contributed by atoms with Gasteiger partial charge in [-0.15, -0.1) is 0 Å². The Morgan fingerprint density at radius 1 is 1.25 bits per heavy atom. The van der Waals surface area contributed by atoms with Crippen LogP contribution in [-0.4, -0.2) is 6.41 Å². The van der Waals surface area contributed by atoms with Crippen LogP contribution in [0.3, 0.4) is 0 Å². The van der Waals surface area contributed by atoms with E-state index >= 15 is 0 Å². The summed E-state index contributed by atoms with van der Waals surface area (Å²) >= 11 is 0. The molecule has 1 aromatic carbocycles. The van der Waals surface area contributed by atoms with Gasteiger partial charge in [0, 0.05) is 6.54 Å². The summed E-state index contributed by atoms with van der Waals surface area (Å²) in [6.07, 6.45) is 0.720. The minimum Gasteiger partial charge on any atom is -0.355 e. The van der Waals surface area contributed by atoms with Gasteiger partial charge in [0.2, 0.25) is 6.41 Å². The van der Waals surface area contributed by atoms with E-state index in [-0.39, 0.29) is 0 Å². The summed E-state index contributed by atoms with van der Waals surface area (Å²) in [5.74, 6) is 0. The van der Waals surface area contributed by atoms with E-state index in [4.69, 9.17) is 0 Å². The quantitative estimate of drug-likeness (QED) is 0.673. The van der Waals surface area contributed by atoms with Gasteiger partial charge in [-0.2, -0.15) is 0 Å². The number of benzene rings is 1. The van der Waals surface area contributed by atoms with Crippen molar-refractivity contribution in [2.45, 2.75) is 20.4 Å². The fourth-order valence-corrected chi connectivity index (χ4v) is 1.33. The molecular weight excluding hydrogens is 150 g/mol. The molecule has 1 rings (SSSR count). The van der Waals surface area contributed by atoms with E-state index in [1.807, 2.05) is 0 Å². The lowest BCUT2D eigenvalue weighted by molar-refractivity contribution is -0.109. The highest BCUT2D eigenvalue weighted by Gasteiger charge is 1.93. The number of aryl methyl sites for hydroxylation is 2. The van der Waals surface area contributed by atoms with Crippen LogP contribution in [0.15, 0.2) is 18.2 Å². The molecule has 0 unspecified atom stereocenters. The van der Waals surface area contributed by atoms with Gasteiger partial charge in [0.15, 0.2) is 0 Å². The van der Waals surface area contributed by atoms with Gasteiger partial charge >= 0.3 is 0 Å². The first-order valence-electron chi connectivity index (χ1n) is 3.96. The highest BCUT2D eigenvalue weighted by Crippen LogP contribution is 2.07. The second-order valence-electron chi connectivity index (χ2n) is 2.99. The van der Waals surface area contributed by atoms with Crippen LogP contribution < -0.4 is 5.32 Å². The van der Waals surface area contributed by atoms with Crippen molar-refractivity contribution in [2.24, 2.45) is 0 Å². The van der Waals surface area contributed by atoms with Crippen molar-refractivity contribution in [2.75, 3.05) is 0 Å². The largest absolute Gasteiger partial charge is 0.355 e. The molecule has 12 heavy (non-hydrogen) atoms. The SMILES string of the molecule is Cc1cc(C)cc(CNC=O)c1. The molecule has 0 spiro atoms. The first-order valence-corrected chi connectivity index (χ1v) is 3.96. The summed E-state index contributed by atoms with van der Waals surface area (Å²) in [7, 11) is 0. The number of hydrogen-bond acceptors (Lipinski definition) is 1. The van der Waals surface area contributed by atoms with Crippen molar-refractivity contribution >= 4 is 6.41 Å². The van der Waals surface area contributed by atoms with Gasteiger partial charge in [0.05, 0.1) is 0 Å².